The summed E-state index contributed by atoms with van der Waals surface area (Å²) in [5, 5.41) is 15.2. The number of halogens is 1. The van der Waals surface area contributed by atoms with E-state index in [1.54, 1.807) is 41.3 Å². The summed E-state index contributed by atoms with van der Waals surface area (Å²) in [5.41, 5.74) is 2.40. The molecule has 2 amide bonds. The van der Waals surface area contributed by atoms with Gasteiger partial charge < -0.3 is 10.6 Å². The first-order valence-electron chi connectivity index (χ1n) is 8.50. The number of nitrogens with zero attached hydrogens (tertiary/aromatic N) is 2. The molecule has 2 aromatic carbocycles. The predicted molar refractivity (Wildman–Crippen MR) is 107 cm³/mol. The van der Waals surface area contributed by atoms with Crippen molar-refractivity contribution in [3.05, 3.63) is 58.6 Å². The fourth-order valence-corrected chi connectivity index (χ4v) is 2.66. The van der Waals surface area contributed by atoms with Crippen LogP contribution in [0.25, 0.3) is 0 Å². The van der Waals surface area contributed by atoms with Crippen LogP contribution in [0.15, 0.2) is 42.5 Å². The molecule has 7 heteroatoms. The second-order valence-corrected chi connectivity index (χ2v) is 6.45. The summed E-state index contributed by atoms with van der Waals surface area (Å²) in [6.45, 7) is 4.38. The summed E-state index contributed by atoms with van der Waals surface area (Å²) >= 11 is 5.97. The minimum atomic E-state index is -0.286. The van der Waals surface area contributed by atoms with E-state index < -0.39 is 0 Å². The number of aryl methyl sites for hydroxylation is 1. The quantitative estimate of drug-likeness (QED) is 0.765. The summed E-state index contributed by atoms with van der Waals surface area (Å²) in [6, 6.07) is 14.1. The number of rotatable bonds is 7. The molecule has 0 atom stereocenters. The highest BCUT2D eigenvalue weighted by Crippen LogP contribution is 2.20. The zero-order valence-corrected chi connectivity index (χ0v) is 16.0. The van der Waals surface area contributed by atoms with Crippen LogP contribution >= 0.6 is 11.6 Å². The SMILES string of the molecule is CCN(CC(=O)Nc1cc(Cl)ccc1C)CC(=O)Nc1ccccc1C#N. The minimum absolute atomic E-state index is 0.0399. The van der Waals surface area contributed by atoms with Gasteiger partial charge in [0.1, 0.15) is 6.07 Å². The number of para-hydroxylation sites is 1. The van der Waals surface area contributed by atoms with Crippen LogP contribution in [0.2, 0.25) is 5.02 Å². The van der Waals surface area contributed by atoms with Crippen LogP contribution in [-0.2, 0) is 9.59 Å². The van der Waals surface area contributed by atoms with Crippen molar-refractivity contribution in [1.29, 1.82) is 5.26 Å². The third kappa shape index (κ3) is 6.10. The van der Waals surface area contributed by atoms with Crippen molar-refractivity contribution in [2.75, 3.05) is 30.3 Å². The third-order valence-corrected chi connectivity index (χ3v) is 4.21. The fourth-order valence-electron chi connectivity index (χ4n) is 2.48. The van der Waals surface area contributed by atoms with Crippen molar-refractivity contribution in [2.24, 2.45) is 0 Å². The van der Waals surface area contributed by atoms with Gasteiger partial charge in [0.15, 0.2) is 0 Å². The highest BCUT2D eigenvalue weighted by molar-refractivity contribution is 6.31. The number of amides is 2. The summed E-state index contributed by atoms with van der Waals surface area (Å²) in [7, 11) is 0. The molecule has 0 aliphatic carbocycles. The molecular formula is C20H21ClN4O2. The van der Waals surface area contributed by atoms with Gasteiger partial charge in [0, 0.05) is 10.7 Å². The highest BCUT2D eigenvalue weighted by Gasteiger charge is 2.15. The van der Waals surface area contributed by atoms with Crippen LogP contribution in [0.1, 0.15) is 18.1 Å². The van der Waals surface area contributed by atoms with Gasteiger partial charge in [-0.2, -0.15) is 5.26 Å². The number of carbonyl (C=O) groups excluding carboxylic acids is 2. The van der Waals surface area contributed by atoms with Crippen molar-refractivity contribution < 1.29 is 9.59 Å². The van der Waals surface area contributed by atoms with Crippen LogP contribution in [-0.4, -0.2) is 36.3 Å². The maximum absolute atomic E-state index is 12.3. The zero-order chi connectivity index (χ0) is 19.8. The Morgan fingerprint density at radius 1 is 1.07 bits per heavy atom. The second-order valence-electron chi connectivity index (χ2n) is 6.02. The highest BCUT2D eigenvalue weighted by atomic mass is 35.5. The molecule has 0 radical (unpaired) electrons. The first kappa shape index (κ1) is 20.4. The Balaban J connectivity index is 1.94. The molecule has 0 heterocycles. The van der Waals surface area contributed by atoms with Gasteiger partial charge in [-0.05, 0) is 43.3 Å². The largest absolute Gasteiger partial charge is 0.325 e. The number of hydrogen-bond acceptors (Lipinski definition) is 4. The first-order valence-corrected chi connectivity index (χ1v) is 8.88. The second kappa shape index (κ2) is 9.72. The summed E-state index contributed by atoms with van der Waals surface area (Å²) in [5.74, 6) is -0.515. The topological polar surface area (TPSA) is 85.2 Å². The molecule has 27 heavy (non-hydrogen) atoms. The van der Waals surface area contributed by atoms with E-state index in [9.17, 15) is 9.59 Å². The van der Waals surface area contributed by atoms with E-state index >= 15 is 0 Å². The lowest BCUT2D eigenvalue weighted by Crippen LogP contribution is -2.38. The molecule has 0 aliphatic rings. The fraction of sp³-hybridized carbons (Fsp3) is 0.250. The summed E-state index contributed by atoms with van der Waals surface area (Å²) in [4.78, 5) is 26.3. The van der Waals surface area contributed by atoms with E-state index in [2.05, 4.69) is 10.6 Å². The molecule has 6 nitrogen and oxygen atoms in total. The Kier molecular flexibility index (Phi) is 7.35. The lowest BCUT2D eigenvalue weighted by atomic mass is 10.2. The molecular weight excluding hydrogens is 364 g/mol. The van der Waals surface area contributed by atoms with Crippen LogP contribution in [0.3, 0.4) is 0 Å². The van der Waals surface area contributed by atoms with Gasteiger partial charge in [-0.1, -0.05) is 36.7 Å². The Morgan fingerprint density at radius 2 is 1.70 bits per heavy atom. The number of carbonyl (C=O) groups is 2. The van der Waals surface area contributed by atoms with E-state index in [0.717, 1.165) is 5.56 Å². The lowest BCUT2D eigenvalue weighted by molar-refractivity contribution is -0.119. The van der Waals surface area contributed by atoms with E-state index in [0.29, 0.717) is 28.5 Å². The first-order chi connectivity index (χ1) is 12.9. The average Bonchev–Trinajstić information content (AvgIpc) is 2.64. The molecule has 140 valence electrons. The molecule has 2 aromatic rings. The number of benzene rings is 2. The molecule has 0 unspecified atom stereocenters. The zero-order valence-electron chi connectivity index (χ0n) is 15.3. The Morgan fingerprint density at radius 3 is 2.33 bits per heavy atom. The van der Waals surface area contributed by atoms with Gasteiger partial charge in [0.05, 0.1) is 24.3 Å². The molecule has 0 bridgehead atoms. The van der Waals surface area contributed by atoms with Crippen LogP contribution in [0.4, 0.5) is 11.4 Å². The lowest BCUT2D eigenvalue weighted by Gasteiger charge is -2.20. The molecule has 0 aromatic heterocycles. The van der Waals surface area contributed by atoms with Gasteiger partial charge >= 0.3 is 0 Å². The van der Waals surface area contributed by atoms with E-state index in [4.69, 9.17) is 16.9 Å². The number of likely N-dealkylation sites (N-methyl/N-ethyl adjacent to an activating group) is 1. The smallest absolute Gasteiger partial charge is 0.238 e. The molecule has 0 fully saturated rings. The van der Waals surface area contributed by atoms with E-state index in [1.807, 2.05) is 26.0 Å². The predicted octanol–water partition coefficient (Wildman–Crippen LogP) is 3.42. The van der Waals surface area contributed by atoms with Gasteiger partial charge in [-0.25, -0.2) is 0 Å². The van der Waals surface area contributed by atoms with Crippen LogP contribution in [0, 0.1) is 18.3 Å². The third-order valence-electron chi connectivity index (χ3n) is 3.98. The molecule has 0 saturated carbocycles. The van der Waals surface area contributed by atoms with Crippen molar-refractivity contribution in [1.82, 2.24) is 4.90 Å². The van der Waals surface area contributed by atoms with Crippen molar-refractivity contribution >= 4 is 34.8 Å². The number of anilines is 2. The summed E-state index contributed by atoms with van der Waals surface area (Å²) < 4.78 is 0. The van der Waals surface area contributed by atoms with E-state index in [1.165, 1.54) is 0 Å². The number of nitriles is 1. The van der Waals surface area contributed by atoms with Crippen LogP contribution < -0.4 is 10.6 Å². The average molecular weight is 385 g/mol. The molecule has 2 rings (SSSR count). The normalized spacial score (nSPS) is 10.3. The molecule has 0 aliphatic heterocycles. The number of hydrogen-bond donors (Lipinski definition) is 2. The minimum Gasteiger partial charge on any atom is -0.325 e. The Bertz CT molecular complexity index is 877. The van der Waals surface area contributed by atoms with Gasteiger partial charge in [-0.3, -0.25) is 14.5 Å². The Labute approximate surface area is 163 Å². The molecule has 0 spiro atoms. The summed E-state index contributed by atoms with van der Waals surface area (Å²) in [6.07, 6.45) is 0. The molecule has 2 N–H and O–H groups in total. The standard InChI is InChI=1S/C20H21ClN4O2/c1-3-25(12-19(26)23-17-7-5-4-6-15(17)11-22)13-20(27)24-18-10-16(21)9-8-14(18)2/h4-10H,3,12-13H2,1-2H3,(H,23,26)(H,24,27). The van der Waals surface area contributed by atoms with Crippen molar-refractivity contribution in [3.63, 3.8) is 0 Å². The van der Waals surface area contributed by atoms with Crippen molar-refractivity contribution in [3.8, 4) is 6.07 Å². The van der Waals surface area contributed by atoms with Gasteiger partial charge in [0.2, 0.25) is 11.8 Å². The monoisotopic (exact) mass is 384 g/mol. The number of nitrogens with one attached hydrogen (secondary N) is 2. The maximum atomic E-state index is 12.3. The van der Waals surface area contributed by atoms with Gasteiger partial charge in [-0.15, -0.1) is 0 Å². The Hall–Kier alpha value is -2.88. The van der Waals surface area contributed by atoms with E-state index in [-0.39, 0.29) is 24.9 Å². The van der Waals surface area contributed by atoms with Crippen LogP contribution in [0.5, 0.6) is 0 Å². The van der Waals surface area contributed by atoms with Gasteiger partial charge in [0.25, 0.3) is 0 Å². The molecule has 0 saturated heterocycles. The maximum Gasteiger partial charge on any atom is 0.238 e. The van der Waals surface area contributed by atoms with Crippen molar-refractivity contribution in [2.45, 2.75) is 13.8 Å².